The van der Waals surface area contributed by atoms with E-state index in [1.165, 1.54) is 12.8 Å². The fraction of sp³-hybridized carbons (Fsp3) is 0.667. The maximum atomic E-state index is 12.0. The van der Waals surface area contributed by atoms with E-state index in [0.29, 0.717) is 11.4 Å². The normalized spacial score (nSPS) is 17.9. The molecule has 0 spiro atoms. The molecule has 5 nitrogen and oxygen atoms in total. The van der Waals surface area contributed by atoms with Crippen molar-refractivity contribution in [3.63, 3.8) is 0 Å². The molecule has 2 rings (SSSR count). The van der Waals surface area contributed by atoms with Crippen molar-refractivity contribution >= 4 is 11.4 Å². The molecule has 0 aromatic carbocycles. The first-order valence-corrected chi connectivity index (χ1v) is 6.25. The minimum atomic E-state index is -0.236. The SMILES string of the molecule is Cc1nn(C2CCCCCC2)c(=O)c(N)c1N. The van der Waals surface area contributed by atoms with E-state index in [1.54, 1.807) is 11.6 Å². The summed E-state index contributed by atoms with van der Waals surface area (Å²) in [6, 6.07) is 0.187. The van der Waals surface area contributed by atoms with E-state index < -0.39 is 0 Å². The number of nitrogens with two attached hydrogens (primary N) is 2. The molecule has 4 N–H and O–H groups in total. The van der Waals surface area contributed by atoms with Crippen molar-refractivity contribution in [3.05, 3.63) is 16.0 Å². The lowest BCUT2D eigenvalue weighted by Crippen LogP contribution is -2.31. The zero-order chi connectivity index (χ0) is 12.4. The van der Waals surface area contributed by atoms with E-state index in [9.17, 15) is 4.79 Å². The third-order valence-electron chi connectivity index (χ3n) is 3.55. The summed E-state index contributed by atoms with van der Waals surface area (Å²) in [6.07, 6.45) is 6.82. The summed E-state index contributed by atoms with van der Waals surface area (Å²) in [6.45, 7) is 1.79. The summed E-state index contributed by atoms with van der Waals surface area (Å²) in [5.41, 5.74) is 12.3. The van der Waals surface area contributed by atoms with Crippen LogP contribution in [0.4, 0.5) is 11.4 Å². The molecule has 0 unspecified atom stereocenters. The molecule has 0 saturated heterocycles. The Morgan fingerprint density at radius 2 is 1.71 bits per heavy atom. The molecule has 0 bridgehead atoms. The van der Waals surface area contributed by atoms with Gasteiger partial charge in [-0.2, -0.15) is 5.10 Å². The molecule has 1 aliphatic carbocycles. The number of nitrogen functional groups attached to an aromatic ring is 2. The standard InChI is InChI=1S/C12H20N4O/c1-8-10(13)11(14)12(17)16(15-8)9-6-4-2-3-5-7-9/h9H,2-7,13-14H2,1H3. The number of rotatable bonds is 1. The van der Waals surface area contributed by atoms with E-state index >= 15 is 0 Å². The summed E-state index contributed by atoms with van der Waals surface area (Å²) < 4.78 is 1.55. The van der Waals surface area contributed by atoms with Crippen LogP contribution in [0.15, 0.2) is 4.79 Å². The van der Waals surface area contributed by atoms with Crippen molar-refractivity contribution in [1.29, 1.82) is 0 Å². The van der Waals surface area contributed by atoms with Crippen LogP contribution in [0.5, 0.6) is 0 Å². The summed E-state index contributed by atoms with van der Waals surface area (Å²) >= 11 is 0. The van der Waals surface area contributed by atoms with Crippen molar-refractivity contribution in [2.24, 2.45) is 0 Å². The van der Waals surface area contributed by atoms with Gasteiger partial charge in [0.25, 0.3) is 5.56 Å². The van der Waals surface area contributed by atoms with E-state index in [2.05, 4.69) is 5.10 Å². The maximum absolute atomic E-state index is 12.0. The number of aromatic nitrogens is 2. The van der Waals surface area contributed by atoms with Crippen molar-refractivity contribution in [2.75, 3.05) is 11.5 Å². The van der Waals surface area contributed by atoms with Gasteiger partial charge in [-0.25, -0.2) is 4.68 Å². The lowest BCUT2D eigenvalue weighted by molar-refractivity contribution is 0.387. The van der Waals surface area contributed by atoms with Gasteiger partial charge in [0.05, 0.1) is 17.4 Å². The summed E-state index contributed by atoms with van der Waals surface area (Å²) in [4.78, 5) is 12.0. The van der Waals surface area contributed by atoms with Gasteiger partial charge in [-0.15, -0.1) is 0 Å². The van der Waals surface area contributed by atoms with Crippen molar-refractivity contribution in [1.82, 2.24) is 9.78 Å². The molecule has 0 amide bonds. The van der Waals surface area contributed by atoms with Crippen LogP contribution in [0.2, 0.25) is 0 Å². The first kappa shape index (κ1) is 12.0. The van der Waals surface area contributed by atoms with Gasteiger partial charge in [-0.1, -0.05) is 25.7 Å². The number of hydrogen-bond donors (Lipinski definition) is 2. The van der Waals surface area contributed by atoms with Crippen LogP contribution in [-0.2, 0) is 0 Å². The average Bonchev–Trinajstić information content (AvgIpc) is 2.60. The first-order chi connectivity index (χ1) is 8.11. The van der Waals surface area contributed by atoms with Gasteiger partial charge in [-0.3, -0.25) is 4.79 Å². The second-order valence-corrected chi connectivity index (χ2v) is 4.81. The predicted octanol–water partition coefficient (Wildman–Crippen LogP) is 1.61. The zero-order valence-corrected chi connectivity index (χ0v) is 10.3. The lowest BCUT2D eigenvalue weighted by atomic mass is 10.1. The van der Waals surface area contributed by atoms with Gasteiger partial charge in [-0.05, 0) is 19.8 Å². The predicted molar refractivity (Wildman–Crippen MR) is 68.8 cm³/mol. The van der Waals surface area contributed by atoms with Gasteiger partial charge >= 0.3 is 0 Å². The topological polar surface area (TPSA) is 86.9 Å². The fourth-order valence-electron chi connectivity index (χ4n) is 2.44. The highest BCUT2D eigenvalue weighted by Crippen LogP contribution is 2.26. The Kier molecular flexibility index (Phi) is 3.36. The molecule has 0 radical (unpaired) electrons. The van der Waals surface area contributed by atoms with Gasteiger partial charge in [0.1, 0.15) is 5.69 Å². The number of nitrogens with zero attached hydrogens (tertiary/aromatic N) is 2. The second kappa shape index (κ2) is 4.77. The Morgan fingerprint density at radius 3 is 2.29 bits per heavy atom. The zero-order valence-electron chi connectivity index (χ0n) is 10.3. The minimum Gasteiger partial charge on any atom is -0.395 e. The number of anilines is 2. The molecule has 1 saturated carbocycles. The Hall–Kier alpha value is -1.52. The smallest absolute Gasteiger partial charge is 0.292 e. The Balaban J connectivity index is 2.41. The van der Waals surface area contributed by atoms with E-state index in [0.717, 1.165) is 25.7 Å². The molecule has 1 aromatic heterocycles. The van der Waals surface area contributed by atoms with Gasteiger partial charge in [0, 0.05) is 0 Å². The summed E-state index contributed by atoms with van der Waals surface area (Å²) in [7, 11) is 0. The molecule has 17 heavy (non-hydrogen) atoms. The van der Waals surface area contributed by atoms with Crippen molar-refractivity contribution in [3.8, 4) is 0 Å². The third-order valence-corrected chi connectivity index (χ3v) is 3.55. The number of aryl methyl sites for hydroxylation is 1. The molecule has 1 fully saturated rings. The van der Waals surface area contributed by atoms with E-state index in [-0.39, 0.29) is 17.3 Å². The van der Waals surface area contributed by atoms with Crippen LogP contribution in [0.1, 0.15) is 50.3 Å². The average molecular weight is 236 g/mol. The fourth-order valence-corrected chi connectivity index (χ4v) is 2.44. The molecule has 5 heteroatoms. The Labute approximate surface area is 101 Å². The molecule has 1 heterocycles. The molecule has 0 atom stereocenters. The maximum Gasteiger partial charge on any atom is 0.292 e. The van der Waals surface area contributed by atoms with Gasteiger partial charge in [0.15, 0.2) is 0 Å². The highest BCUT2D eigenvalue weighted by molar-refractivity contribution is 5.63. The highest BCUT2D eigenvalue weighted by atomic mass is 16.1. The molecule has 1 aromatic rings. The van der Waals surface area contributed by atoms with E-state index in [4.69, 9.17) is 11.5 Å². The molecular weight excluding hydrogens is 216 g/mol. The quantitative estimate of drug-likeness (QED) is 0.725. The van der Waals surface area contributed by atoms with Crippen LogP contribution in [0.25, 0.3) is 0 Å². The molecule has 94 valence electrons. The van der Waals surface area contributed by atoms with Crippen LogP contribution in [-0.4, -0.2) is 9.78 Å². The third kappa shape index (κ3) is 2.28. The highest BCUT2D eigenvalue weighted by Gasteiger charge is 2.19. The monoisotopic (exact) mass is 236 g/mol. The lowest BCUT2D eigenvalue weighted by Gasteiger charge is -2.18. The largest absolute Gasteiger partial charge is 0.395 e. The first-order valence-electron chi connectivity index (χ1n) is 6.25. The number of hydrogen-bond acceptors (Lipinski definition) is 4. The van der Waals surface area contributed by atoms with Crippen molar-refractivity contribution in [2.45, 2.75) is 51.5 Å². The summed E-state index contributed by atoms with van der Waals surface area (Å²) in [5, 5.41) is 4.30. The van der Waals surface area contributed by atoms with Crippen LogP contribution >= 0.6 is 0 Å². The second-order valence-electron chi connectivity index (χ2n) is 4.81. The Morgan fingerprint density at radius 1 is 1.12 bits per heavy atom. The minimum absolute atomic E-state index is 0.141. The Bertz CT molecular complexity index is 458. The van der Waals surface area contributed by atoms with Crippen molar-refractivity contribution < 1.29 is 0 Å². The van der Waals surface area contributed by atoms with Crippen LogP contribution < -0.4 is 17.0 Å². The molecule has 1 aliphatic rings. The van der Waals surface area contributed by atoms with Crippen LogP contribution in [0, 0.1) is 6.92 Å². The summed E-state index contributed by atoms with van der Waals surface area (Å²) in [5.74, 6) is 0. The van der Waals surface area contributed by atoms with E-state index in [1.807, 2.05) is 0 Å². The van der Waals surface area contributed by atoms with Crippen LogP contribution in [0.3, 0.4) is 0 Å². The van der Waals surface area contributed by atoms with Gasteiger partial charge < -0.3 is 11.5 Å². The van der Waals surface area contributed by atoms with Gasteiger partial charge in [0.2, 0.25) is 0 Å². The molecular formula is C12H20N4O. The molecule has 0 aliphatic heterocycles.